The first-order valence-corrected chi connectivity index (χ1v) is 5.32. The van der Waals surface area contributed by atoms with E-state index in [-0.39, 0.29) is 12.4 Å². The summed E-state index contributed by atoms with van der Waals surface area (Å²) in [5, 5.41) is 2.03. The Hall–Kier alpha value is -0.670. The monoisotopic (exact) mass is 198 g/mol. The van der Waals surface area contributed by atoms with Crippen LogP contribution in [0.5, 0.6) is 0 Å². The number of carbonyl (C=O) groups excluding carboxylic acids is 1. The van der Waals surface area contributed by atoms with E-state index in [0.29, 0.717) is 13.0 Å². The molecule has 72 valence electrons. The molecule has 2 nitrogen and oxygen atoms in total. The molecule has 0 aliphatic carbocycles. The molecule has 0 aliphatic rings. The van der Waals surface area contributed by atoms with Gasteiger partial charge in [0.2, 0.25) is 0 Å². The Bertz CT molecular complexity index is 241. The molecule has 1 aromatic heterocycles. The van der Waals surface area contributed by atoms with Crippen molar-refractivity contribution >= 4 is 17.1 Å². The van der Waals surface area contributed by atoms with Crippen LogP contribution in [0, 0.1) is 0 Å². The minimum atomic E-state index is 0.190. The zero-order chi connectivity index (χ0) is 9.52. The van der Waals surface area contributed by atoms with Crippen LogP contribution in [0.4, 0.5) is 0 Å². The third-order valence-electron chi connectivity index (χ3n) is 1.70. The van der Waals surface area contributed by atoms with Crippen molar-refractivity contribution in [3.63, 3.8) is 0 Å². The van der Waals surface area contributed by atoms with Crippen molar-refractivity contribution in [2.24, 2.45) is 0 Å². The molecule has 1 aromatic rings. The van der Waals surface area contributed by atoms with Crippen molar-refractivity contribution in [3.8, 4) is 0 Å². The molecule has 1 rings (SSSR count). The summed E-state index contributed by atoms with van der Waals surface area (Å²) < 4.78 is 5.02. The van der Waals surface area contributed by atoms with Gasteiger partial charge in [0.1, 0.15) is 6.61 Å². The van der Waals surface area contributed by atoms with Crippen LogP contribution in [-0.2, 0) is 16.0 Å². The van der Waals surface area contributed by atoms with Crippen molar-refractivity contribution < 1.29 is 9.53 Å². The summed E-state index contributed by atoms with van der Waals surface area (Å²) in [5.74, 6) is 0.190. The second kappa shape index (κ2) is 5.89. The van der Waals surface area contributed by atoms with Crippen LogP contribution in [0.3, 0.4) is 0 Å². The molecule has 0 saturated carbocycles. The first-order valence-electron chi connectivity index (χ1n) is 4.44. The zero-order valence-corrected chi connectivity index (χ0v) is 8.60. The SMILES string of the molecule is CCOCC(=O)CCc1cccs1. The molecule has 0 saturated heterocycles. The van der Waals surface area contributed by atoms with Gasteiger partial charge >= 0.3 is 0 Å². The van der Waals surface area contributed by atoms with E-state index >= 15 is 0 Å². The number of ketones is 1. The van der Waals surface area contributed by atoms with Gasteiger partial charge in [0.25, 0.3) is 0 Å². The van der Waals surface area contributed by atoms with Gasteiger partial charge in [-0.3, -0.25) is 4.79 Å². The van der Waals surface area contributed by atoms with Crippen LogP contribution < -0.4 is 0 Å². The highest BCUT2D eigenvalue weighted by Crippen LogP contribution is 2.10. The van der Waals surface area contributed by atoms with Gasteiger partial charge in [0, 0.05) is 17.9 Å². The Morgan fingerprint density at radius 1 is 1.62 bits per heavy atom. The molecule has 0 N–H and O–H groups in total. The fourth-order valence-corrected chi connectivity index (χ4v) is 1.71. The molecule has 0 bridgehead atoms. The Labute approximate surface area is 82.5 Å². The maximum Gasteiger partial charge on any atom is 0.158 e. The van der Waals surface area contributed by atoms with Gasteiger partial charge in [-0.05, 0) is 24.8 Å². The van der Waals surface area contributed by atoms with Crippen molar-refractivity contribution in [3.05, 3.63) is 22.4 Å². The number of hydrogen-bond acceptors (Lipinski definition) is 3. The lowest BCUT2D eigenvalue weighted by molar-refractivity contribution is -0.123. The average Bonchev–Trinajstić information content (AvgIpc) is 2.64. The Balaban J connectivity index is 2.15. The van der Waals surface area contributed by atoms with Crippen molar-refractivity contribution in [1.82, 2.24) is 0 Å². The summed E-state index contributed by atoms with van der Waals surface area (Å²) in [6.07, 6.45) is 1.45. The molecule has 0 radical (unpaired) electrons. The number of carbonyl (C=O) groups is 1. The van der Waals surface area contributed by atoms with E-state index < -0.39 is 0 Å². The number of aryl methyl sites for hydroxylation is 1. The summed E-state index contributed by atoms with van der Waals surface area (Å²) in [5.41, 5.74) is 0. The maximum atomic E-state index is 11.2. The Kier molecular flexibility index (Phi) is 4.72. The molecule has 13 heavy (non-hydrogen) atoms. The van der Waals surface area contributed by atoms with Crippen molar-refractivity contribution in [2.75, 3.05) is 13.2 Å². The van der Waals surface area contributed by atoms with E-state index in [1.54, 1.807) is 11.3 Å². The first-order chi connectivity index (χ1) is 6.33. The zero-order valence-electron chi connectivity index (χ0n) is 7.79. The molecule has 0 unspecified atom stereocenters. The van der Waals surface area contributed by atoms with Crippen LogP contribution in [0.2, 0.25) is 0 Å². The average molecular weight is 198 g/mol. The van der Waals surface area contributed by atoms with E-state index in [9.17, 15) is 4.79 Å². The standard InChI is InChI=1S/C10H14O2S/c1-2-12-8-9(11)5-6-10-4-3-7-13-10/h3-4,7H,2,5-6,8H2,1H3. The molecule has 1 heterocycles. The Morgan fingerprint density at radius 3 is 3.08 bits per heavy atom. The highest BCUT2D eigenvalue weighted by Gasteiger charge is 2.02. The largest absolute Gasteiger partial charge is 0.374 e. The van der Waals surface area contributed by atoms with Gasteiger partial charge in [0.05, 0.1) is 0 Å². The third-order valence-corrected chi connectivity index (χ3v) is 2.63. The summed E-state index contributed by atoms with van der Waals surface area (Å²) in [4.78, 5) is 12.4. The second-order valence-corrected chi connectivity index (χ2v) is 3.79. The molecule has 3 heteroatoms. The predicted octanol–water partition coefficient (Wildman–Crippen LogP) is 2.29. The fraction of sp³-hybridized carbons (Fsp3) is 0.500. The highest BCUT2D eigenvalue weighted by molar-refractivity contribution is 7.09. The second-order valence-electron chi connectivity index (χ2n) is 2.76. The maximum absolute atomic E-state index is 11.2. The number of thiophene rings is 1. The number of rotatable bonds is 6. The van der Waals surface area contributed by atoms with Crippen LogP contribution in [-0.4, -0.2) is 19.0 Å². The highest BCUT2D eigenvalue weighted by atomic mass is 32.1. The van der Waals surface area contributed by atoms with E-state index in [1.807, 2.05) is 18.4 Å². The fourth-order valence-electron chi connectivity index (χ4n) is 1.01. The smallest absolute Gasteiger partial charge is 0.158 e. The normalized spacial score (nSPS) is 10.2. The van der Waals surface area contributed by atoms with Gasteiger partial charge in [0.15, 0.2) is 5.78 Å². The van der Waals surface area contributed by atoms with Crippen LogP contribution in [0.15, 0.2) is 17.5 Å². The van der Waals surface area contributed by atoms with Gasteiger partial charge < -0.3 is 4.74 Å². The molecule has 0 aromatic carbocycles. The molecular formula is C10H14O2S. The first kappa shape index (κ1) is 10.4. The van der Waals surface area contributed by atoms with Gasteiger partial charge in [-0.15, -0.1) is 11.3 Å². The molecule has 0 spiro atoms. The van der Waals surface area contributed by atoms with E-state index in [4.69, 9.17) is 4.74 Å². The molecular weight excluding hydrogens is 184 g/mol. The molecule has 0 fully saturated rings. The minimum absolute atomic E-state index is 0.190. The van der Waals surface area contributed by atoms with Crippen LogP contribution in [0.1, 0.15) is 18.2 Å². The Morgan fingerprint density at radius 2 is 2.46 bits per heavy atom. The summed E-state index contributed by atoms with van der Waals surface area (Å²) >= 11 is 1.70. The topological polar surface area (TPSA) is 26.3 Å². The van der Waals surface area contributed by atoms with Gasteiger partial charge in [-0.25, -0.2) is 0 Å². The number of hydrogen-bond donors (Lipinski definition) is 0. The van der Waals surface area contributed by atoms with Crippen LogP contribution in [0.25, 0.3) is 0 Å². The summed E-state index contributed by atoms with van der Waals surface area (Å²) in [6, 6.07) is 4.06. The van der Waals surface area contributed by atoms with Crippen molar-refractivity contribution in [1.29, 1.82) is 0 Å². The van der Waals surface area contributed by atoms with Gasteiger partial charge in [-0.2, -0.15) is 0 Å². The summed E-state index contributed by atoms with van der Waals surface area (Å²) in [6.45, 7) is 2.78. The molecule has 0 amide bonds. The van der Waals surface area contributed by atoms with E-state index in [2.05, 4.69) is 6.07 Å². The number of ether oxygens (including phenoxy) is 1. The lowest BCUT2D eigenvalue weighted by Crippen LogP contribution is -2.08. The lowest BCUT2D eigenvalue weighted by atomic mass is 10.2. The summed E-state index contributed by atoms with van der Waals surface area (Å²) in [7, 11) is 0. The quantitative estimate of drug-likeness (QED) is 0.701. The minimum Gasteiger partial charge on any atom is -0.374 e. The van der Waals surface area contributed by atoms with E-state index in [0.717, 1.165) is 6.42 Å². The molecule has 0 atom stereocenters. The van der Waals surface area contributed by atoms with Crippen molar-refractivity contribution in [2.45, 2.75) is 19.8 Å². The van der Waals surface area contributed by atoms with Gasteiger partial charge in [-0.1, -0.05) is 6.07 Å². The lowest BCUT2D eigenvalue weighted by Gasteiger charge is -1.99. The molecule has 0 aliphatic heterocycles. The predicted molar refractivity (Wildman–Crippen MR) is 54.1 cm³/mol. The van der Waals surface area contributed by atoms with Crippen LogP contribution >= 0.6 is 11.3 Å². The number of Topliss-reactive ketones (excluding diaryl/α,β-unsaturated/α-hetero) is 1. The van der Waals surface area contributed by atoms with E-state index in [1.165, 1.54) is 4.88 Å². The third kappa shape index (κ3) is 4.20.